The van der Waals surface area contributed by atoms with Gasteiger partial charge in [0.15, 0.2) is 0 Å². The molecule has 0 aliphatic rings. The highest BCUT2D eigenvalue weighted by molar-refractivity contribution is 4.69. The lowest BCUT2D eigenvalue weighted by Crippen LogP contribution is -2.10. The third-order valence-corrected chi connectivity index (χ3v) is 2.69. The molecule has 0 spiro atoms. The van der Waals surface area contributed by atoms with Crippen LogP contribution in [0.5, 0.6) is 0 Å². The summed E-state index contributed by atoms with van der Waals surface area (Å²) in [5, 5.41) is 0. The number of hydrogen-bond acceptors (Lipinski definition) is 0. The van der Waals surface area contributed by atoms with Crippen molar-refractivity contribution in [2.45, 2.75) is 65.7 Å². The lowest BCUT2D eigenvalue weighted by Gasteiger charge is -2.23. The normalized spacial score (nSPS) is 11.6. The van der Waals surface area contributed by atoms with Crippen molar-refractivity contribution in [2.75, 3.05) is 0 Å². The van der Waals surface area contributed by atoms with Crippen molar-refractivity contribution in [3.8, 4) is 0 Å². The van der Waals surface area contributed by atoms with Gasteiger partial charge in [-0.15, -0.1) is 6.58 Å². The Morgan fingerprint density at radius 3 is 2.31 bits per heavy atom. The van der Waals surface area contributed by atoms with Gasteiger partial charge < -0.3 is 0 Å². The van der Waals surface area contributed by atoms with E-state index in [1.54, 1.807) is 0 Å². The molecule has 0 heteroatoms. The van der Waals surface area contributed by atoms with E-state index in [2.05, 4.69) is 27.4 Å². The molecule has 0 aromatic carbocycles. The zero-order chi connectivity index (χ0) is 10.2. The van der Waals surface area contributed by atoms with E-state index in [1.807, 2.05) is 6.08 Å². The zero-order valence-corrected chi connectivity index (χ0v) is 9.73. The number of allylic oxidation sites excluding steroid dienone is 1. The summed E-state index contributed by atoms with van der Waals surface area (Å²) in [6, 6.07) is 0. The fourth-order valence-corrected chi connectivity index (χ4v) is 1.87. The minimum Gasteiger partial charge on any atom is -0.103 e. The molecule has 0 aromatic heterocycles. The standard InChI is InChI=1S/C13H26/c1-5-7-8-9-10-12-13(3,4)11-6-2/h5H,1,6-12H2,2-4H3. The highest BCUT2D eigenvalue weighted by atomic mass is 14.2. The van der Waals surface area contributed by atoms with Crippen molar-refractivity contribution < 1.29 is 0 Å². The first-order chi connectivity index (χ1) is 6.12. The molecule has 0 fully saturated rings. The van der Waals surface area contributed by atoms with Crippen LogP contribution in [0.4, 0.5) is 0 Å². The van der Waals surface area contributed by atoms with Crippen molar-refractivity contribution in [1.29, 1.82) is 0 Å². The van der Waals surface area contributed by atoms with Crippen LogP contribution in [-0.2, 0) is 0 Å². The Morgan fingerprint density at radius 1 is 1.08 bits per heavy atom. The molecule has 0 aromatic rings. The van der Waals surface area contributed by atoms with E-state index >= 15 is 0 Å². The van der Waals surface area contributed by atoms with E-state index < -0.39 is 0 Å². The van der Waals surface area contributed by atoms with E-state index in [-0.39, 0.29) is 0 Å². The van der Waals surface area contributed by atoms with Gasteiger partial charge >= 0.3 is 0 Å². The lowest BCUT2D eigenvalue weighted by atomic mass is 9.83. The Balaban J connectivity index is 3.34. The van der Waals surface area contributed by atoms with Crippen LogP contribution in [0.15, 0.2) is 12.7 Å². The van der Waals surface area contributed by atoms with Crippen LogP contribution in [-0.4, -0.2) is 0 Å². The second-order valence-corrected chi connectivity index (χ2v) is 4.80. The summed E-state index contributed by atoms with van der Waals surface area (Å²) in [5.74, 6) is 0. The fraction of sp³-hybridized carbons (Fsp3) is 0.846. The molecule has 0 atom stereocenters. The first kappa shape index (κ1) is 12.7. The fourth-order valence-electron chi connectivity index (χ4n) is 1.87. The molecule has 0 heterocycles. The minimum absolute atomic E-state index is 0.572. The van der Waals surface area contributed by atoms with Gasteiger partial charge in [0.1, 0.15) is 0 Å². The van der Waals surface area contributed by atoms with Gasteiger partial charge in [0.25, 0.3) is 0 Å². The van der Waals surface area contributed by atoms with Crippen LogP contribution in [0.2, 0.25) is 0 Å². The van der Waals surface area contributed by atoms with Gasteiger partial charge in [-0.2, -0.15) is 0 Å². The van der Waals surface area contributed by atoms with Gasteiger partial charge in [-0.25, -0.2) is 0 Å². The highest BCUT2D eigenvalue weighted by Gasteiger charge is 2.15. The molecule has 13 heavy (non-hydrogen) atoms. The first-order valence-electron chi connectivity index (χ1n) is 5.73. The Morgan fingerprint density at radius 2 is 1.77 bits per heavy atom. The quantitative estimate of drug-likeness (QED) is 0.368. The topological polar surface area (TPSA) is 0 Å². The molecule has 0 nitrogen and oxygen atoms in total. The Labute approximate surface area is 84.4 Å². The Hall–Kier alpha value is -0.260. The molecule has 0 aliphatic heterocycles. The summed E-state index contributed by atoms with van der Waals surface area (Å²) in [7, 11) is 0. The van der Waals surface area contributed by atoms with Crippen LogP contribution in [0.25, 0.3) is 0 Å². The van der Waals surface area contributed by atoms with Crippen molar-refractivity contribution in [1.82, 2.24) is 0 Å². The average Bonchev–Trinajstić information content (AvgIpc) is 2.04. The molecule has 0 unspecified atom stereocenters. The molecular weight excluding hydrogens is 156 g/mol. The molecule has 0 rings (SSSR count). The van der Waals surface area contributed by atoms with Gasteiger partial charge in [-0.05, 0) is 31.1 Å². The van der Waals surface area contributed by atoms with E-state index in [9.17, 15) is 0 Å². The van der Waals surface area contributed by atoms with Crippen molar-refractivity contribution in [3.05, 3.63) is 12.7 Å². The molecule has 0 amide bonds. The molecule has 0 bridgehead atoms. The van der Waals surface area contributed by atoms with Crippen LogP contribution in [0.1, 0.15) is 65.7 Å². The highest BCUT2D eigenvalue weighted by Crippen LogP contribution is 2.28. The summed E-state index contributed by atoms with van der Waals surface area (Å²) in [5.41, 5.74) is 0.572. The molecule has 0 N–H and O–H groups in total. The largest absolute Gasteiger partial charge is 0.103 e. The van der Waals surface area contributed by atoms with Gasteiger partial charge in [-0.3, -0.25) is 0 Å². The molecule has 0 saturated carbocycles. The van der Waals surface area contributed by atoms with Crippen LogP contribution < -0.4 is 0 Å². The summed E-state index contributed by atoms with van der Waals surface area (Å²) in [6.07, 6.45) is 11.4. The van der Waals surface area contributed by atoms with Crippen LogP contribution in [0, 0.1) is 5.41 Å². The van der Waals surface area contributed by atoms with Crippen LogP contribution in [0.3, 0.4) is 0 Å². The van der Waals surface area contributed by atoms with Gasteiger partial charge in [-0.1, -0.05) is 46.1 Å². The third-order valence-electron chi connectivity index (χ3n) is 2.69. The van der Waals surface area contributed by atoms with Crippen molar-refractivity contribution >= 4 is 0 Å². The van der Waals surface area contributed by atoms with Gasteiger partial charge in [0.2, 0.25) is 0 Å². The smallest absolute Gasteiger partial charge is 0.0353 e. The maximum Gasteiger partial charge on any atom is -0.0353 e. The van der Waals surface area contributed by atoms with E-state index in [0.29, 0.717) is 5.41 Å². The SMILES string of the molecule is C=CCCCCCC(C)(C)CCC. The molecular formula is C13H26. The van der Waals surface area contributed by atoms with E-state index in [4.69, 9.17) is 0 Å². The molecule has 0 radical (unpaired) electrons. The Bertz CT molecular complexity index is 122. The third kappa shape index (κ3) is 8.08. The van der Waals surface area contributed by atoms with Gasteiger partial charge in [0, 0.05) is 0 Å². The first-order valence-corrected chi connectivity index (χ1v) is 5.73. The second kappa shape index (κ2) is 7.17. The summed E-state index contributed by atoms with van der Waals surface area (Å²) >= 11 is 0. The summed E-state index contributed by atoms with van der Waals surface area (Å²) < 4.78 is 0. The summed E-state index contributed by atoms with van der Waals surface area (Å²) in [6.45, 7) is 10.8. The average molecular weight is 182 g/mol. The maximum absolute atomic E-state index is 3.74. The molecule has 0 aliphatic carbocycles. The predicted octanol–water partition coefficient (Wildman–Crippen LogP) is 4.95. The summed E-state index contributed by atoms with van der Waals surface area (Å²) in [4.78, 5) is 0. The van der Waals surface area contributed by atoms with Gasteiger partial charge in [0.05, 0.1) is 0 Å². The zero-order valence-electron chi connectivity index (χ0n) is 9.73. The minimum atomic E-state index is 0.572. The van der Waals surface area contributed by atoms with Crippen LogP contribution >= 0.6 is 0 Å². The van der Waals surface area contributed by atoms with E-state index in [1.165, 1.54) is 44.9 Å². The maximum atomic E-state index is 3.74. The number of unbranched alkanes of at least 4 members (excludes halogenated alkanes) is 3. The number of hydrogen-bond donors (Lipinski definition) is 0. The second-order valence-electron chi connectivity index (χ2n) is 4.80. The van der Waals surface area contributed by atoms with Crippen molar-refractivity contribution in [3.63, 3.8) is 0 Å². The lowest BCUT2D eigenvalue weighted by molar-refractivity contribution is 0.292. The molecule has 78 valence electrons. The predicted molar refractivity (Wildman–Crippen MR) is 62.0 cm³/mol. The number of rotatable bonds is 8. The van der Waals surface area contributed by atoms with Crippen molar-refractivity contribution in [2.24, 2.45) is 5.41 Å². The Kier molecular flexibility index (Phi) is 7.03. The van der Waals surface area contributed by atoms with E-state index in [0.717, 1.165) is 0 Å². The molecule has 0 saturated heterocycles. The monoisotopic (exact) mass is 182 g/mol.